The molecule has 3 aromatic rings. The molecular weight excluding hydrogens is 470 g/mol. The third-order valence-corrected chi connectivity index (χ3v) is 7.26. The summed E-state index contributed by atoms with van der Waals surface area (Å²) >= 11 is 4.91. The number of thiazole rings is 1. The number of carbonyl (C=O) groups is 2. The van der Waals surface area contributed by atoms with Crippen LogP contribution in [0.25, 0.3) is 10.9 Å². The Morgan fingerprint density at radius 2 is 1.93 bits per heavy atom. The lowest BCUT2D eigenvalue weighted by atomic mass is 10.2. The highest BCUT2D eigenvalue weighted by molar-refractivity contribution is 9.10. The molecule has 2 N–H and O–H groups in total. The van der Waals surface area contributed by atoms with Crippen molar-refractivity contribution in [1.82, 2.24) is 20.4 Å². The minimum Gasteiger partial charge on any atom is -0.378 e. The van der Waals surface area contributed by atoms with E-state index >= 15 is 0 Å². The average Bonchev–Trinajstić information content (AvgIpc) is 3.27. The number of benzene rings is 1. The molecule has 0 atom stereocenters. The fourth-order valence-electron chi connectivity index (χ4n) is 3.44. The van der Waals surface area contributed by atoms with Gasteiger partial charge in [-0.05, 0) is 35.8 Å². The Kier molecular flexibility index (Phi) is 6.07. The van der Waals surface area contributed by atoms with Crippen molar-refractivity contribution in [3.8, 4) is 0 Å². The number of ether oxygens (including phenoxy) is 1. The molecule has 30 heavy (non-hydrogen) atoms. The van der Waals surface area contributed by atoms with Gasteiger partial charge in [0.05, 0.1) is 18.9 Å². The third-order valence-electron chi connectivity index (χ3n) is 5.04. The number of nitrogens with zero attached hydrogens (tertiary/aromatic N) is 3. The summed E-state index contributed by atoms with van der Waals surface area (Å²) in [5.74, 6) is -0.677. The first-order valence-corrected chi connectivity index (χ1v) is 11.2. The van der Waals surface area contributed by atoms with E-state index in [0.29, 0.717) is 23.8 Å². The summed E-state index contributed by atoms with van der Waals surface area (Å²) in [5, 5.41) is 1.84. The zero-order valence-electron chi connectivity index (χ0n) is 16.7. The van der Waals surface area contributed by atoms with Crippen LogP contribution in [0.1, 0.15) is 21.1 Å². The van der Waals surface area contributed by atoms with Gasteiger partial charge in [-0.2, -0.15) is 0 Å². The van der Waals surface area contributed by atoms with E-state index in [0.717, 1.165) is 39.3 Å². The van der Waals surface area contributed by atoms with E-state index in [2.05, 4.69) is 36.7 Å². The van der Waals surface area contributed by atoms with Crippen LogP contribution in [-0.4, -0.2) is 47.7 Å². The Morgan fingerprint density at radius 1 is 1.20 bits per heavy atom. The number of anilines is 1. The molecule has 2 amide bonds. The summed E-state index contributed by atoms with van der Waals surface area (Å²) in [6.07, 6.45) is 0. The largest absolute Gasteiger partial charge is 0.378 e. The molecule has 8 nitrogen and oxygen atoms in total. The average molecular weight is 492 g/mol. The van der Waals surface area contributed by atoms with Gasteiger partial charge in [-0.15, -0.1) is 0 Å². The normalized spacial score (nSPS) is 14.2. The summed E-state index contributed by atoms with van der Waals surface area (Å²) in [5.41, 5.74) is 7.58. The van der Waals surface area contributed by atoms with Crippen molar-refractivity contribution >= 4 is 55.1 Å². The first kappa shape index (κ1) is 20.8. The molecule has 1 aliphatic rings. The predicted molar refractivity (Wildman–Crippen MR) is 120 cm³/mol. The highest BCUT2D eigenvalue weighted by atomic mass is 79.9. The quantitative estimate of drug-likeness (QED) is 0.547. The second kappa shape index (κ2) is 8.75. The second-order valence-corrected chi connectivity index (χ2v) is 8.79. The van der Waals surface area contributed by atoms with E-state index in [1.54, 1.807) is 6.92 Å². The fourth-order valence-corrected chi connectivity index (χ4v) is 5.00. The van der Waals surface area contributed by atoms with Gasteiger partial charge in [0.25, 0.3) is 11.8 Å². The number of carbonyl (C=O) groups excluding carboxylic acids is 2. The zero-order chi connectivity index (χ0) is 21.3. The second-order valence-electron chi connectivity index (χ2n) is 7.02. The van der Waals surface area contributed by atoms with E-state index in [-0.39, 0.29) is 18.4 Å². The van der Waals surface area contributed by atoms with E-state index < -0.39 is 0 Å². The number of nitrogens with one attached hydrogen (secondary N) is 2. The van der Waals surface area contributed by atoms with Crippen molar-refractivity contribution in [3.63, 3.8) is 0 Å². The van der Waals surface area contributed by atoms with Gasteiger partial charge in [-0.3, -0.25) is 20.4 Å². The Bertz CT molecular complexity index is 1100. The van der Waals surface area contributed by atoms with Crippen LogP contribution in [0.5, 0.6) is 0 Å². The maximum absolute atomic E-state index is 12.6. The van der Waals surface area contributed by atoms with Crippen LogP contribution < -0.4 is 15.8 Å². The molecule has 0 bridgehead atoms. The number of fused-ring (bicyclic) bond motifs is 1. The number of para-hydroxylation sites is 1. The predicted octanol–water partition coefficient (Wildman–Crippen LogP) is 2.77. The first-order chi connectivity index (χ1) is 14.5. The number of rotatable bonds is 4. The van der Waals surface area contributed by atoms with Crippen LogP contribution in [0.15, 0.2) is 28.7 Å². The van der Waals surface area contributed by atoms with Gasteiger partial charge in [-0.25, -0.2) is 4.98 Å². The molecule has 0 spiro atoms. The number of morpholine rings is 1. The van der Waals surface area contributed by atoms with E-state index in [1.807, 2.05) is 35.8 Å². The third kappa shape index (κ3) is 4.07. The Labute approximate surface area is 186 Å². The van der Waals surface area contributed by atoms with Crippen LogP contribution in [0, 0.1) is 13.8 Å². The van der Waals surface area contributed by atoms with Crippen molar-refractivity contribution < 1.29 is 14.3 Å². The SMILES string of the molecule is Cc1nc(N2CCOCC2)sc1C(=O)NNC(=O)Cn1c(C)c(Br)c2ccccc21. The highest BCUT2D eigenvalue weighted by Gasteiger charge is 2.21. The topological polar surface area (TPSA) is 88.5 Å². The molecule has 3 heterocycles. The van der Waals surface area contributed by atoms with Gasteiger partial charge in [0, 0.05) is 34.2 Å². The molecule has 158 valence electrons. The van der Waals surface area contributed by atoms with E-state index in [4.69, 9.17) is 4.74 Å². The number of amides is 2. The van der Waals surface area contributed by atoms with Gasteiger partial charge < -0.3 is 14.2 Å². The fraction of sp³-hybridized carbons (Fsp3) is 0.350. The molecular formula is C20H22BrN5O3S. The molecule has 1 aliphatic heterocycles. The summed E-state index contributed by atoms with van der Waals surface area (Å²) in [6, 6.07) is 7.86. The number of halogens is 1. The molecule has 1 aromatic carbocycles. The summed E-state index contributed by atoms with van der Waals surface area (Å²) < 4.78 is 8.24. The molecule has 0 aliphatic carbocycles. The van der Waals surface area contributed by atoms with Crippen molar-refractivity contribution in [3.05, 3.63) is 45.0 Å². The van der Waals surface area contributed by atoms with Gasteiger partial charge >= 0.3 is 0 Å². The van der Waals surface area contributed by atoms with Crippen molar-refractivity contribution in [1.29, 1.82) is 0 Å². The minimum atomic E-state index is -0.367. The minimum absolute atomic E-state index is 0.0962. The van der Waals surface area contributed by atoms with Crippen molar-refractivity contribution in [2.75, 3.05) is 31.2 Å². The van der Waals surface area contributed by atoms with Crippen LogP contribution in [0.4, 0.5) is 5.13 Å². The van der Waals surface area contributed by atoms with Crippen LogP contribution in [0.2, 0.25) is 0 Å². The molecule has 0 unspecified atom stereocenters. The summed E-state index contributed by atoms with van der Waals surface area (Å²) in [7, 11) is 0. The molecule has 1 fully saturated rings. The lowest BCUT2D eigenvalue weighted by molar-refractivity contribution is -0.122. The number of aromatic nitrogens is 2. The van der Waals surface area contributed by atoms with Gasteiger partial charge in [0.1, 0.15) is 11.4 Å². The molecule has 0 radical (unpaired) electrons. The molecule has 4 rings (SSSR count). The first-order valence-electron chi connectivity index (χ1n) is 9.58. The monoisotopic (exact) mass is 491 g/mol. The maximum atomic E-state index is 12.6. The highest BCUT2D eigenvalue weighted by Crippen LogP contribution is 2.30. The smallest absolute Gasteiger partial charge is 0.281 e. The Balaban J connectivity index is 1.40. The zero-order valence-corrected chi connectivity index (χ0v) is 19.1. The van der Waals surface area contributed by atoms with Gasteiger partial charge in [-0.1, -0.05) is 29.5 Å². The van der Waals surface area contributed by atoms with Crippen molar-refractivity contribution in [2.24, 2.45) is 0 Å². The Hall–Kier alpha value is -2.43. The number of hydrazine groups is 1. The van der Waals surface area contributed by atoms with Gasteiger partial charge in [0.2, 0.25) is 0 Å². The molecule has 10 heteroatoms. The van der Waals surface area contributed by atoms with Crippen LogP contribution in [0.3, 0.4) is 0 Å². The number of hydrogen-bond acceptors (Lipinski definition) is 6. The number of aryl methyl sites for hydroxylation is 1. The van der Waals surface area contributed by atoms with Crippen LogP contribution in [-0.2, 0) is 16.1 Å². The van der Waals surface area contributed by atoms with Crippen LogP contribution >= 0.6 is 27.3 Å². The Morgan fingerprint density at radius 3 is 2.70 bits per heavy atom. The molecule has 0 saturated carbocycles. The summed E-state index contributed by atoms with van der Waals surface area (Å²) in [4.78, 5) is 32.2. The lowest BCUT2D eigenvalue weighted by Gasteiger charge is -2.25. The van der Waals surface area contributed by atoms with E-state index in [1.165, 1.54) is 11.3 Å². The number of hydrogen-bond donors (Lipinski definition) is 2. The molecule has 1 saturated heterocycles. The maximum Gasteiger partial charge on any atom is 0.281 e. The summed E-state index contributed by atoms with van der Waals surface area (Å²) in [6.45, 7) is 6.65. The molecule has 2 aromatic heterocycles. The van der Waals surface area contributed by atoms with E-state index in [9.17, 15) is 9.59 Å². The lowest BCUT2D eigenvalue weighted by Crippen LogP contribution is -2.43. The standard InChI is InChI=1S/C20H22BrN5O3S/c1-12-18(30-20(22-12)25-7-9-29-10-8-25)19(28)24-23-16(27)11-26-13(2)17(21)14-5-3-4-6-15(14)26/h3-6H,7-11H2,1-2H3,(H,23,27)(H,24,28). The van der Waals surface area contributed by atoms with Gasteiger partial charge in [0.15, 0.2) is 5.13 Å². The van der Waals surface area contributed by atoms with Crippen molar-refractivity contribution in [2.45, 2.75) is 20.4 Å².